The lowest BCUT2D eigenvalue weighted by Crippen LogP contribution is -2.15. The second-order valence-electron chi connectivity index (χ2n) is 5.80. The van der Waals surface area contributed by atoms with Crippen LogP contribution in [0.5, 0.6) is 5.75 Å². The second-order valence-corrected chi connectivity index (χ2v) is 5.80. The van der Waals surface area contributed by atoms with Gasteiger partial charge in [0.1, 0.15) is 0 Å². The molecule has 0 saturated carbocycles. The van der Waals surface area contributed by atoms with E-state index in [4.69, 9.17) is 4.74 Å². The monoisotopic (exact) mass is 353 g/mol. The number of nitrogens with one attached hydrogen (secondary N) is 1. The fourth-order valence-electron chi connectivity index (χ4n) is 2.80. The van der Waals surface area contributed by atoms with Gasteiger partial charge in [-0.3, -0.25) is 4.79 Å². The van der Waals surface area contributed by atoms with E-state index >= 15 is 0 Å². The summed E-state index contributed by atoms with van der Waals surface area (Å²) in [7, 11) is 0. The van der Waals surface area contributed by atoms with Crippen LogP contribution >= 0.6 is 0 Å². The Balaban J connectivity index is 1.94. The smallest absolute Gasteiger partial charge is 0.259 e. The molecule has 0 radical (unpaired) electrons. The minimum atomic E-state index is -0.562. The standard InChI is InChI=1S/C20H20FN3O2/c1-4-26-19-16(11-8-12-17(19)21)20(25)22-18-13(2)23-24(14(18)3)15-9-6-5-7-10-15/h5-12H,4H2,1-3H3,(H,22,25). The van der Waals surface area contributed by atoms with Crippen molar-refractivity contribution >= 4 is 11.6 Å². The topological polar surface area (TPSA) is 56.1 Å². The van der Waals surface area contributed by atoms with Crippen molar-refractivity contribution < 1.29 is 13.9 Å². The van der Waals surface area contributed by atoms with Gasteiger partial charge in [0.25, 0.3) is 5.91 Å². The Labute approximate surface area is 151 Å². The zero-order valence-corrected chi connectivity index (χ0v) is 14.9. The third kappa shape index (κ3) is 3.31. The first-order valence-corrected chi connectivity index (χ1v) is 8.37. The summed E-state index contributed by atoms with van der Waals surface area (Å²) in [6.45, 7) is 5.70. The highest BCUT2D eigenvalue weighted by molar-refractivity contribution is 6.06. The van der Waals surface area contributed by atoms with Crippen LogP contribution in [0.15, 0.2) is 48.5 Å². The number of benzene rings is 2. The number of aromatic nitrogens is 2. The SMILES string of the molecule is CCOc1c(F)cccc1C(=O)Nc1c(C)nn(-c2ccccc2)c1C. The minimum Gasteiger partial charge on any atom is -0.490 e. The van der Waals surface area contributed by atoms with Crippen molar-refractivity contribution in [1.29, 1.82) is 0 Å². The van der Waals surface area contributed by atoms with E-state index in [0.717, 1.165) is 11.4 Å². The maximum Gasteiger partial charge on any atom is 0.259 e. The van der Waals surface area contributed by atoms with Crippen molar-refractivity contribution in [2.75, 3.05) is 11.9 Å². The van der Waals surface area contributed by atoms with Gasteiger partial charge in [-0.05, 0) is 45.0 Å². The number of rotatable bonds is 5. The Kier molecular flexibility index (Phi) is 5.02. The first-order valence-electron chi connectivity index (χ1n) is 8.37. The normalized spacial score (nSPS) is 10.6. The molecule has 2 aromatic carbocycles. The van der Waals surface area contributed by atoms with E-state index in [0.29, 0.717) is 11.4 Å². The van der Waals surface area contributed by atoms with E-state index in [-0.39, 0.29) is 17.9 Å². The summed E-state index contributed by atoms with van der Waals surface area (Å²) in [6, 6.07) is 13.9. The van der Waals surface area contributed by atoms with Crippen molar-refractivity contribution in [2.24, 2.45) is 0 Å². The number of hydrogen-bond donors (Lipinski definition) is 1. The van der Waals surface area contributed by atoms with Gasteiger partial charge in [0, 0.05) is 0 Å². The first kappa shape index (κ1) is 17.7. The maximum absolute atomic E-state index is 14.0. The van der Waals surface area contributed by atoms with Gasteiger partial charge >= 0.3 is 0 Å². The average Bonchev–Trinajstić information content (AvgIpc) is 2.92. The summed E-state index contributed by atoms with van der Waals surface area (Å²) in [4.78, 5) is 12.7. The number of para-hydroxylation sites is 2. The summed E-state index contributed by atoms with van der Waals surface area (Å²) < 4.78 is 21.1. The van der Waals surface area contributed by atoms with E-state index in [9.17, 15) is 9.18 Å². The Hall–Kier alpha value is -3.15. The van der Waals surface area contributed by atoms with Gasteiger partial charge in [0.2, 0.25) is 0 Å². The molecule has 0 aliphatic rings. The highest BCUT2D eigenvalue weighted by Gasteiger charge is 2.20. The van der Waals surface area contributed by atoms with E-state index < -0.39 is 11.7 Å². The molecule has 0 unspecified atom stereocenters. The predicted octanol–water partition coefficient (Wildman–Crippen LogP) is 4.28. The second kappa shape index (κ2) is 7.39. The molecule has 0 aliphatic heterocycles. The molecule has 1 amide bonds. The Morgan fingerprint density at radius 1 is 1.15 bits per heavy atom. The summed E-state index contributed by atoms with van der Waals surface area (Å²) in [5.74, 6) is -1.04. The van der Waals surface area contributed by atoms with Crippen LogP contribution in [0.1, 0.15) is 28.7 Å². The Morgan fingerprint density at radius 3 is 2.58 bits per heavy atom. The zero-order valence-electron chi connectivity index (χ0n) is 14.9. The zero-order chi connectivity index (χ0) is 18.7. The molecule has 3 aromatic rings. The van der Waals surface area contributed by atoms with Crippen LogP contribution in [-0.2, 0) is 0 Å². The van der Waals surface area contributed by atoms with Crippen molar-refractivity contribution in [3.05, 3.63) is 71.3 Å². The molecule has 26 heavy (non-hydrogen) atoms. The van der Waals surface area contributed by atoms with Crippen molar-refractivity contribution in [2.45, 2.75) is 20.8 Å². The van der Waals surface area contributed by atoms with Crippen molar-refractivity contribution in [3.8, 4) is 11.4 Å². The lowest BCUT2D eigenvalue weighted by Gasteiger charge is -2.12. The van der Waals surface area contributed by atoms with Gasteiger partial charge in [0.15, 0.2) is 11.6 Å². The molecule has 1 N–H and O–H groups in total. The highest BCUT2D eigenvalue weighted by Crippen LogP contribution is 2.27. The van der Waals surface area contributed by atoms with Crippen LogP contribution in [0, 0.1) is 19.7 Å². The van der Waals surface area contributed by atoms with Crippen molar-refractivity contribution in [1.82, 2.24) is 9.78 Å². The van der Waals surface area contributed by atoms with Crippen LogP contribution < -0.4 is 10.1 Å². The molecule has 0 bridgehead atoms. The molecule has 134 valence electrons. The molecule has 5 nitrogen and oxygen atoms in total. The molecule has 3 rings (SSSR count). The average molecular weight is 353 g/mol. The maximum atomic E-state index is 14.0. The van der Waals surface area contributed by atoms with E-state index in [1.54, 1.807) is 11.6 Å². The molecule has 1 aromatic heterocycles. The number of hydrogen-bond acceptors (Lipinski definition) is 3. The van der Waals surface area contributed by atoms with Crippen LogP contribution in [-0.4, -0.2) is 22.3 Å². The number of carbonyl (C=O) groups excluding carboxylic acids is 1. The van der Waals surface area contributed by atoms with Crippen LogP contribution in [0.2, 0.25) is 0 Å². The van der Waals surface area contributed by atoms with Gasteiger partial charge in [-0.15, -0.1) is 0 Å². The minimum absolute atomic E-state index is 0.0433. The number of halogens is 1. The van der Waals surface area contributed by atoms with Gasteiger partial charge in [-0.1, -0.05) is 24.3 Å². The third-order valence-corrected chi connectivity index (χ3v) is 4.03. The molecular weight excluding hydrogens is 333 g/mol. The summed E-state index contributed by atoms with van der Waals surface area (Å²) in [6.07, 6.45) is 0. The molecule has 0 fully saturated rings. The fraction of sp³-hybridized carbons (Fsp3) is 0.200. The molecule has 0 aliphatic carbocycles. The van der Waals surface area contributed by atoms with E-state index in [2.05, 4.69) is 10.4 Å². The number of ether oxygens (including phenoxy) is 1. The quantitative estimate of drug-likeness (QED) is 0.745. The third-order valence-electron chi connectivity index (χ3n) is 4.03. The van der Waals surface area contributed by atoms with Crippen LogP contribution in [0.25, 0.3) is 5.69 Å². The molecule has 6 heteroatoms. The van der Waals surface area contributed by atoms with Crippen LogP contribution in [0.3, 0.4) is 0 Å². The number of amides is 1. The fourth-order valence-corrected chi connectivity index (χ4v) is 2.80. The van der Waals surface area contributed by atoms with E-state index in [1.807, 2.05) is 44.2 Å². The number of aryl methyl sites for hydroxylation is 1. The molecule has 1 heterocycles. The Bertz CT molecular complexity index is 936. The number of nitrogens with zero attached hydrogens (tertiary/aromatic N) is 2. The number of anilines is 1. The summed E-state index contributed by atoms with van der Waals surface area (Å²) >= 11 is 0. The predicted molar refractivity (Wildman–Crippen MR) is 98.6 cm³/mol. The summed E-state index contributed by atoms with van der Waals surface area (Å²) in [5.41, 5.74) is 3.11. The van der Waals surface area contributed by atoms with Crippen molar-refractivity contribution in [3.63, 3.8) is 0 Å². The molecular formula is C20H20FN3O2. The first-order chi connectivity index (χ1) is 12.5. The molecule has 0 atom stereocenters. The van der Waals surface area contributed by atoms with Gasteiger partial charge in [-0.25, -0.2) is 9.07 Å². The Morgan fingerprint density at radius 2 is 1.88 bits per heavy atom. The lowest BCUT2D eigenvalue weighted by atomic mass is 10.1. The van der Waals surface area contributed by atoms with E-state index in [1.165, 1.54) is 18.2 Å². The molecule has 0 saturated heterocycles. The molecule has 0 spiro atoms. The number of carbonyl (C=O) groups is 1. The van der Waals surface area contributed by atoms with Gasteiger partial charge in [-0.2, -0.15) is 5.10 Å². The lowest BCUT2D eigenvalue weighted by molar-refractivity contribution is 0.102. The highest BCUT2D eigenvalue weighted by atomic mass is 19.1. The van der Waals surface area contributed by atoms with Crippen LogP contribution in [0.4, 0.5) is 10.1 Å². The summed E-state index contributed by atoms with van der Waals surface area (Å²) in [5, 5.41) is 7.34. The van der Waals surface area contributed by atoms with Gasteiger partial charge < -0.3 is 10.1 Å². The largest absolute Gasteiger partial charge is 0.490 e. The van der Waals surface area contributed by atoms with Gasteiger partial charge in [0.05, 0.1) is 34.9 Å².